The Balaban J connectivity index is 2.42. The van der Waals surface area contributed by atoms with Crippen molar-refractivity contribution in [2.24, 2.45) is 0 Å². The van der Waals surface area contributed by atoms with E-state index in [9.17, 15) is 10.1 Å². The molecule has 0 unspecified atom stereocenters. The average Bonchev–Trinajstić information content (AvgIpc) is 2.71. The van der Waals surface area contributed by atoms with E-state index in [0.29, 0.717) is 15.7 Å². The molecule has 0 aliphatic rings. The molecule has 0 N–H and O–H groups in total. The molecule has 7 heteroatoms. The molecule has 0 spiro atoms. The van der Waals surface area contributed by atoms with Crippen molar-refractivity contribution in [3.63, 3.8) is 0 Å². The van der Waals surface area contributed by atoms with Gasteiger partial charge in [-0.15, -0.1) is 4.68 Å². The molecule has 82 valence electrons. The van der Waals surface area contributed by atoms with Crippen molar-refractivity contribution < 1.29 is 4.92 Å². The Morgan fingerprint density at radius 2 is 2.00 bits per heavy atom. The van der Waals surface area contributed by atoms with Crippen molar-refractivity contribution in [1.29, 1.82) is 0 Å². The Labute approximate surface area is 100 Å². The van der Waals surface area contributed by atoms with E-state index in [4.69, 9.17) is 23.2 Å². The zero-order chi connectivity index (χ0) is 11.7. The van der Waals surface area contributed by atoms with Gasteiger partial charge in [0.05, 0.1) is 33.1 Å². The first-order chi connectivity index (χ1) is 7.58. The van der Waals surface area contributed by atoms with Gasteiger partial charge in [0.1, 0.15) is 0 Å². The van der Waals surface area contributed by atoms with Crippen LogP contribution in [0.25, 0.3) is 5.69 Å². The summed E-state index contributed by atoms with van der Waals surface area (Å²) in [5, 5.41) is 15.0. The van der Waals surface area contributed by atoms with Gasteiger partial charge in [0.15, 0.2) is 0 Å². The minimum Gasteiger partial charge on any atom is -0.358 e. The lowest BCUT2D eigenvalue weighted by atomic mass is 10.3. The molecule has 1 heterocycles. The second kappa shape index (κ2) is 4.11. The third-order valence-corrected chi connectivity index (χ3v) is 2.67. The predicted molar refractivity (Wildman–Crippen MR) is 60.2 cm³/mol. The minimum absolute atomic E-state index is 0.217. The molecule has 1 aromatic heterocycles. The van der Waals surface area contributed by atoms with E-state index in [-0.39, 0.29) is 5.82 Å². The van der Waals surface area contributed by atoms with Crippen LogP contribution in [0, 0.1) is 10.1 Å². The highest BCUT2D eigenvalue weighted by Crippen LogP contribution is 2.24. The first-order valence-corrected chi connectivity index (χ1v) is 4.99. The number of nitro groups is 1. The first kappa shape index (κ1) is 10.9. The van der Waals surface area contributed by atoms with Crippen molar-refractivity contribution in [2.45, 2.75) is 0 Å². The number of nitrogens with zero attached hydrogens (tertiary/aromatic N) is 3. The Morgan fingerprint density at radius 3 is 2.56 bits per heavy atom. The smallest absolute Gasteiger partial charge is 0.358 e. The summed E-state index contributed by atoms with van der Waals surface area (Å²) in [6.45, 7) is 0. The molecule has 0 saturated heterocycles. The van der Waals surface area contributed by atoms with Crippen molar-refractivity contribution in [2.75, 3.05) is 0 Å². The van der Waals surface area contributed by atoms with Crippen molar-refractivity contribution in [1.82, 2.24) is 9.78 Å². The number of hydrogen-bond acceptors (Lipinski definition) is 3. The minimum atomic E-state index is -0.561. The molecule has 1 aromatic carbocycles. The van der Waals surface area contributed by atoms with E-state index in [1.807, 2.05) is 0 Å². The molecule has 5 nitrogen and oxygen atoms in total. The Hall–Kier alpha value is -1.59. The predicted octanol–water partition coefficient (Wildman–Crippen LogP) is 3.09. The summed E-state index contributed by atoms with van der Waals surface area (Å²) in [6, 6.07) is 6.17. The number of benzene rings is 1. The van der Waals surface area contributed by atoms with Gasteiger partial charge in [-0.05, 0) is 23.1 Å². The van der Waals surface area contributed by atoms with Gasteiger partial charge < -0.3 is 10.1 Å². The quantitative estimate of drug-likeness (QED) is 0.614. The van der Waals surface area contributed by atoms with E-state index >= 15 is 0 Å². The summed E-state index contributed by atoms with van der Waals surface area (Å²) < 4.78 is 1.36. The zero-order valence-corrected chi connectivity index (χ0v) is 9.31. The maximum absolute atomic E-state index is 10.4. The monoisotopic (exact) mass is 257 g/mol. The molecule has 0 atom stereocenters. The summed E-state index contributed by atoms with van der Waals surface area (Å²) in [6.07, 6.45) is 1.48. The van der Waals surface area contributed by atoms with Crippen LogP contribution in [-0.2, 0) is 0 Å². The highest BCUT2D eigenvalue weighted by molar-refractivity contribution is 6.42. The second-order valence-electron chi connectivity index (χ2n) is 2.97. The first-order valence-electron chi connectivity index (χ1n) is 4.23. The molecule has 0 fully saturated rings. The lowest BCUT2D eigenvalue weighted by Gasteiger charge is -1.99. The van der Waals surface area contributed by atoms with Gasteiger partial charge in [-0.2, -0.15) is 0 Å². The fourth-order valence-electron chi connectivity index (χ4n) is 1.18. The van der Waals surface area contributed by atoms with Crippen molar-refractivity contribution in [3.8, 4) is 5.69 Å². The summed E-state index contributed by atoms with van der Waals surface area (Å²) >= 11 is 11.6. The lowest BCUT2D eigenvalue weighted by molar-refractivity contribution is -0.389. The number of aromatic nitrogens is 2. The largest absolute Gasteiger partial charge is 0.390 e. The molecule has 0 radical (unpaired) electrons. The molecule has 16 heavy (non-hydrogen) atoms. The summed E-state index contributed by atoms with van der Waals surface area (Å²) in [5.41, 5.74) is 0.613. The van der Waals surface area contributed by atoms with Crippen LogP contribution in [0.2, 0.25) is 10.0 Å². The number of halogens is 2. The maximum atomic E-state index is 10.4. The molecule has 0 amide bonds. The van der Waals surface area contributed by atoms with Gasteiger partial charge in [0.25, 0.3) is 0 Å². The third kappa shape index (κ3) is 2.00. The van der Waals surface area contributed by atoms with Gasteiger partial charge in [-0.1, -0.05) is 23.2 Å². The molecule has 0 saturated carbocycles. The van der Waals surface area contributed by atoms with Crippen LogP contribution in [0.15, 0.2) is 30.5 Å². The summed E-state index contributed by atoms with van der Waals surface area (Å²) in [4.78, 5) is 9.89. The fourth-order valence-corrected chi connectivity index (χ4v) is 1.48. The molecule has 0 bridgehead atoms. The molecular weight excluding hydrogens is 253 g/mol. The van der Waals surface area contributed by atoms with Crippen LogP contribution in [0.3, 0.4) is 0 Å². The van der Waals surface area contributed by atoms with E-state index in [1.165, 1.54) is 16.9 Å². The Morgan fingerprint density at radius 1 is 1.25 bits per heavy atom. The lowest BCUT2D eigenvalue weighted by Crippen LogP contribution is -1.96. The van der Waals surface area contributed by atoms with Crippen LogP contribution in [0.5, 0.6) is 0 Å². The summed E-state index contributed by atoms with van der Waals surface area (Å²) in [5.74, 6) is -0.217. The molecule has 0 aliphatic carbocycles. The van der Waals surface area contributed by atoms with Gasteiger partial charge in [0, 0.05) is 0 Å². The average molecular weight is 258 g/mol. The SMILES string of the molecule is O=[N+]([O-])c1ccn(-c2ccc(Cl)c(Cl)c2)n1. The van der Waals surface area contributed by atoms with E-state index < -0.39 is 4.92 Å². The highest BCUT2D eigenvalue weighted by Gasteiger charge is 2.12. The van der Waals surface area contributed by atoms with Crippen LogP contribution in [0.4, 0.5) is 5.82 Å². The molecule has 2 aromatic rings. The summed E-state index contributed by atoms with van der Waals surface area (Å²) in [7, 11) is 0. The Kier molecular flexibility index (Phi) is 2.80. The number of rotatable bonds is 2. The zero-order valence-electron chi connectivity index (χ0n) is 7.80. The second-order valence-corrected chi connectivity index (χ2v) is 3.79. The van der Waals surface area contributed by atoms with Crippen molar-refractivity contribution >= 4 is 29.0 Å². The van der Waals surface area contributed by atoms with Gasteiger partial charge in [-0.3, -0.25) is 0 Å². The van der Waals surface area contributed by atoms with Crippen LogP contribution in [-0.4, -0.2) is 14.7 Å². The van der Waals surface area contributed by atoms with Crippen LogP contribution >= 0.6 is 23.2 Å². The van der Waals surface area contributed by atoms with Gasteiger partial charge in [0.2, 0.25) is 0 Å². The Bertz CT molecular complexity index is 553. The van der Waals surface area contributed by atoms with Gasteiger partial charge in [-0.25, -0.2) is 0 Å². The van der Waals surface area contributed by atoms with Gasteiger partial charge >= 0.3 is 5.82 Å². The van der Waals surface area contributed by atoms with Crippen LogP contribution < -0.4 is 0 Å². The molecular formula is C9H5Cl2N3O2. The molecule has 0 aliphatic heterocycles. The van der Waals surface area contributed by atoms with E-state index in [2.05, 4.69) is 5.10 Å². The standard InChI is InChI=1S/C9H5Cl2N3O2/c10-7-2-1-6(5-8(7)11)13-4-3-9(12-13)14(15)16/h1-5H. The van der Waals surface area contributed by atoms with Crippen molar-refractivity contribution in [3.05, 3.63) is 50.6 Å². The molecule has 2 rings (SSSR count). The van der Waals surface area contributed by atoms with E-state index in [0.717, 1.165) is 0 Å². The van der Waals surface area contributed by atoms with E-state index in [1.54, 1.807) is 18.2 Å². The maximum Gasteiger partial charge on any atom is 0.390 e. The normalized spacial score (nSPS) is 10.4. The number of hydrogen-bond donors (Lipinski definition) is 0. The third-order valence-electron chi connectivity index (χ3n) is 1.93. The fraction of sp³-hybridized carbons (Fsp3) is 0. The topological polar surface area (TPSA) is 61.0 Å². The highest BCUT2D eigenvalue weighted by atomic mass is 35.5. The van der Waals surface area contributed by atoms with Crippen LogP contribution in [0.1, 0.15) is 0 Å².